The van der Waals surface area contributed by atoms with Crippen LogP contribution in [0.25, 0.3) is 0 Å². The van der Waals surface area contributed by atoms with Crippen molar-refractivity contribution in [1.29, 1.82) is 0 Å². The standard InChI is InChI=1S/C18H26FN3O.2ClH/c1-14-11-20-7-9-22(14)18(23)16-5-3-8-21(13-16)12-15-4-2-6-17(19)10-15;;/h2,4,6,10,14,16,20H,3,5,7-9,11-13H2,1H3;2*1H/t14-,16?;;/m0../s1. The van der Waals surface area contributed by atoms with E-state index in [2.05, 4.69) is 17.1 Å². The Kier molecular flexibility index (Phi) is 9.14. The van der Waals surface area contributed by atoms with Crippen molar-refractivity contribution in [3.8, 4) is 0 Å². The Labute approximate surface area is 162 Å². The second kappa shape index (κ2) is 10.3. The molecule has 142 valence electrons. The van der Waals surface area contributed by atoms with Crippen molar-refractivity contribution in [2.45, 2.75) is 32.4 Å². The lowest BCUT2D eigenvalue weighted by Crippen LogP contribution is -2.55. The van der Waals surface area contributed by atoms with Gasteiger partial charge in [0.2, 0.25) is 5.91 Å². The molecule has 7 heteroatoms. The molecule has 0 radical (unpaired) electrons. The van der Waals surface area contributed by atoms with Crippen molar-refractivity contribution >= 4 is 30.7 Å². The van der Waals surface area contributed by atoms with E-state index in [9.17, 15) is 9.18 Å². The van der Waals surface area contributed by atoms with Crippen LogP contribution in [0.4, 0.5) is 4.39 Å². The van der Waals surface area contributed by atoms with Crippen molar-refractivity contribution in [3.05, 3.63) is 35.6 Å². The molecule has 0 aromatic heterocycles. The van der Waals surface area contributed by atoms with E-state index in [1.807, 2.05) is 11.0 Å². The largest absolute Gasteiger partial charge is 0.337 e. The topological polar surface area (TPSA) is 35.6 Å². The van der Waals surface area contributed by atoms with Crippen LogP contribution >= 0.6 is 24.8 Å². The molecule has 3 rings (SSSR count). The summed E-state index contributed by atoms with van der Waals surface area (Å²) in [7, 11) is 0. The summed E-state index contributed by atoms with van der Waals surface area (Å²) in [5, 5.41) is 3.33. The lowest BCUT2D eigenvalue weighted by molar-refractivity contribution is -0.140. The highest BCUT2D eigenvalue weighted by Gasteiger charge is 2.32. The van der Waals surface area contributed by atoms with Crippen LogP contribution < -0.4 is 5.32 Å². The number of rotatable bonds is 3. The maximum absolute atomic E-state index is 13.3. The van der Waals surface area contributed by atoms with Crippen LogP contribution in [0.5, 0.6) is 0 Å². The number of hydrogen-bond acceptors (Lipinski definition) is 3. The van der Waals surface area contributed by atoms with Gasteiger partial charge in [0, 0.05) is 38.8 Å². The zero-order valence-electron chi connectivity index (χ0n) is 14.6. The van der Waals surface area contributed by atoms with E-state index in [1.54, 1.807) is 12.1 Å². The summed E-state index contributed by atoms with van der Waals surface area (Å²) >= 11 is 0. The smallest absolute Gasteiger partial charge is 0.227 e. The predicted molar refractivity (Wildman–Crippen MR) is 103 cm³/mol. The van der Waals surface area contributed by atoms with Gasteiger partial charge in [0.05, 0.1) is 5.92 Å². The summed E-state index contributed by atoms with van der Waals surface area (Å²) in [6.07, 6.45) is 2.00. The quantitative estimate of drug-likeness (QED) is 0.859. The van der Waals surface area contributed by atoms with Crippen molar-refractivity contribution in [2.24, 2.45) is 5.92 Å². The number of piperidine rings is 1. The van der Waals surface area contributed by atoms with Gasteiger partial charge in [-0.25, -0.2) is 4.39 Å². The highest BCUT2D eigenvalue weighted by Crippen LogP contribution is 2.22. The average molecular weight is 392 g/mol. The number of nitrogens with zero attached hydrogens (tertiary/aromatic N) is 2. The number of piperazine rings is 1. The first-order valence-electron chi connectivity index (χ1n) is 8.61. The number of carbonyl (C=O) groups excluding carboxylic acids is 1. The number of nitrogens with one attached hydrogen (secondary N) is 1. The van der Waals surface area contributed by atoms with E-state index >= 15 is 0 Å². The summed E-state index contributed by atoms with van der Waals surface area (Å²) in [5.74, 6) is 0.183. The van der Waals surface area contributed by atoms with Crippen molar-refractivity contribution in [3.63, 3.8) is 0 Å². The molecular weight excluding hydrogens is 364 g/mol. The average Bonchev–Trinajstić information content (AvgIpc) is 2.55. The van der Waals surface area contributed by atoms with Crippen molar-refractivity contribution in [1.82, 2.24) is 15.1 Å². The lowest BCUT2D eigenvalue weighted by atomic mass is 9.95. The minimum absolute atomic E-state index is 0. The molecule has 0 saturated carbocycles. The van der Waals surface area contributed by atoms with Crippen LogP contribution in [0, 0.1) is 11.7 Å². The molecule has 2 fully saturated rings. The summed E-state index contributed by atoms with van der Waals surface area (Å²) < 4.78 is 13.3. The van der Waals surface area contributed by atoms with Gasteiger partial charge >= 0.3 is 0 Å². The van der Waals surface area contributed by atoms with Crippen LogP contribution in [0.3, 0.4) is 0 Å². The second-order valence-corrected chi connectivity index (χ2v) is 6.79. The maximum atomic E-state index is 13.3. The molecule has 1 amide bonds. The number of amides is 1. The molecule has 0 bridgehead atoms. The number of hydrogen-bond donors (Lipinski definition) is 1. The first kappa shape index (κ1) is 22.2. The normalized spacial score (nSPS) is 24.2. The number of benzene rings is 1. The van der Waals surface area contributed by atoms with Gasteiger partial charge in [0.25, 0.3) is 0 Å². The first-order chi connectivity index (χ1) is 11.1. The third-order valence-corrected chi connectivity index (χ3v) is 4.93. The van der Waals surface area contributed by atoms with Gasteiger partial charge in [-0.2, -0.15) is 0 Å². The second-order valence-electron chi connectivity index (χ2n) is 6.79. The Balaban J connectivity index is 0.00000156. The Bertz CT molecular complexity index is 561. The van der Waals surface area contributed by atoms with Crippen LogP contribution in [0.15, 0.2) is 24.3 Å². The fourth-order valence-electron chi connectivity index (χ4n) is 3.70. The molecule has 25 heavy (non-hydrogen) atoms. The van der Waals surface area contributed by atoms with E-state index in [0.29, 0.717) is 5.91 Å². The van der Waals surface area contributed by atoms with Gasteiger partial charge in [-0.15, -0.1) is 24.8 Å². The Morgan fingerprint density at radius 2 is 2.12 bits per heavy atom. The van der Waals surface area contributed by atoms with E-state index in [-0.39, 0.29) is 42.6 Å². The molecule has 1 aromatic carbocycles. The van der Waals surface area contributed by atoms with E-state index in [0.717, 1.165) is 57.7 Å². The summed E-state index contributed by atoms with van der Waals surface area (Å²) in [6.45, 7) is 7.17. The Hall–Kier alpha value is -0.880. The van der Waals surface area contributed by atoms with E-state index < -0.39 is 0 Å². The molecule has 2 atom stereocenters. The molecule has 2 aliphatic heterocycles. The monoisotopic (exact) mass is 391 g/mol. The zero-order valence-corrected chi connectivity index (χ0v) is 16.3. The number of likely N-dealkylation sites (tertiary alicyclic amines) is 1. The highest BCUT2D eigenvalue weighted by atomic mass is 35.5. The number of carbonyl (C=O) groups is 1. The van der Waals surface area contributed by atoms with Gasteiger partial charge in [0.1, 0.15) is 5.82 Å². The Morgan fingerprint density at radius 1 is 1.32 bits per heavy atom. The maximum Gasteiger partial charge on any atom is 0.227 e. The highest BCUT2D eigenvalue weighted by molar-refractivity contribution is 5.85. The van der Waals surface area contributed by atoms with Crippen molar-refractivity contribution in [2.75, 3.05) is 32.7 Å². The fraction of sp³-hybridized carbons (Fsp3) is 0.611. The van der Waals surface area contributed by atoms with Gasteiger partial charge in [0.15, 0.2) is 0 Å². The van der Waals surface area contributed by atoms with Crippen LogP contribution in [-0.2, 0) is 11.3 Å². The molecular formula is C18H28Cl2FN3O. The fourth-order valence-corrected chi connectivity index (χ4v) is 3.70. The first-order valence-corrected chi connectivity index (χ1v) is 8.61. The van der Waals surface area contributed by atoms with E-state index in [4.69, 9.17) is 0 Å². The third kappa shape index (κ3) is 5.81. The minimum atomic E-state index is -0.193. The van der Waals surface area contributed by atoms with Gasteiger partial charge in [-0.1, -0.05) is 12.1 Å². The van der Waals surface area contributed by atoms with Gasteiger partial charge in [-0.3, -0.25) is 9.69 Å². The molecule has 4 nitrogen and oxygen atoms in total. The van der Waals surface area contributed by atoms with Crippen LogP contribution in [-0.4, -0.2) is 54.5 Å². The minimum Gasteiger partial charge on any atom is -0.337 e. The van der Waals surface area contributed by atoms with Gasteiger partial charge < -0.3 is 10.2 Å². The molecule has 1 aromatic rings. The molecule has 0 aliphatic carbocycles. The molecule has 2 aliphatic rings. The summed E-state index contributed by atoms with van der Waals surface area (Å²) in [5.41, 5.74) is 0.980. The zero-order chi connectivity index (χ0) is 16.2. The van der Waals surface area contributed by atoms with E-state index in [1.165, 1.54) is 6.07 Å². The predicted octanol–water partition coefficient (Wildman–Crippen LogP) is 2.70. The molecule has 0 spiro atoms. The summed E-state index contributed by atoms with van der Waals surface area (Å²) in [4.78, 5) is 17.1. The lowest BCUT2D eigenvalue weighted by Gasteiger charge is -2.39. The SMILES string of the molecule is C[C@H]1CNCCN1C(=O)C1CCCN(Cc2cccc(F)c2)C1.Cl.Cl. The molecule has 1 N–H and O–H groups in total. The molecule has 2 heterocycles. The van der Waals surface area contributed by atoms with Crippen LogP contribution in [0.2, 0.25) is 0 Å². The molecule has 1 unspecified atom stereocenters. The number of halogens is 3. The van der Waals surface area contributed by atoms with Crippen molar-refractivity contribution < 1.29 is 9.18 Å². The van der Waals surface area contributed by atoms with Crippen LogP contribution in [0.1, 0.15) is 25.3 Å². The Morgan fingerprint density at radius 3 is 2.84 bits per heavy atom. The third-order valence-electron chi connectivity index (χ3n) is 4.93. The summed E-state index contributed by atoms with van der Waals surface area (Å²) in [6, 6.07) is 7.03. The van der Waals surface area contributed by atoms with Gasteiger partial charge in [-0.05, 0) is 44.0 Å². The molecule has 2 saturated heterocycles.